The Balaban J connectivity index is 0.000000301. The van der Waals surface area contributed by atoms with Gasteiger partial charge in [-0.1, -0.05) is 89.1 Å². The number of carbonyl (C=O) groups is 1. The molecule has 2 heterocycles. The standard InChI is InChI=1S/C23H27N5O.C8H16/c1-3-17(15-8-7-9-15)24-20-19-21(26-18(14-29)25-20)27-22(28(19)2)23(12-13-23)16-10-5-4-6-11-16;1-2-8-6-4-3-5-7-8/h4-6,10-11,14-15,17H,3,7-9,12-13H2,1-2H3,(H,24,25,26);8H,2-7H2,1H3. The van der Waals surface area contributed by atoms with E-state index in [1.807, 2.05) is 13.1 Å². The van der Waals surface area contributed by atoms with E-state index in [9.17, 15) is 4.79 Å². The minimum atomic E-state index is -0.0621. The highest BCUT2D eigenvalue weighted by atomic mass is 16.1. The van der Waals surface area contributed by atoms with E-state index in [-0.39, 0.29) is 11.2 Å². The smallest absolute Gasteiger partial charge is 0.196 e. The van der Waals surface area contributed by atoms with Crippen molar-refractivity contribution in [3.63, 3.8) is 0 Å². The summed E-state index contributed by atoms with van der Waals surface area (Å²) >= 11 is 0. The number of aromatic nitrogens is 4. The average molecular weight is 502 g/mol. The van der Waals surface area contributed by atoms with E-state index in [0.29, 0.717) is 23.9 Å². The zero-order valence-corrected chi connectivity index (χ0v) is 22.9. The summed E-state index contributed by atoms with van der Waals surface area (Å²) in [5.41, 5.74) is 2.73. The van der Waals surface area contributed by atoms with Gasteiger partial charge in [0.05, 0.1) is 5.41 Å². The van der Waals surface area contributed by atoms with Crippen LogP contribution >= 0.6 is 0 Å². The number of fused-ring (bicyclic) bond motifs is 1. The lowest BCUT2D eigenvalue weighted by molar-refractivity contribution is 0.111. The number of aldehydes is 1. The summed E-state index contributed by atoms with van der Waals surface area (Å²) in [6.45, 7) is 4.52. The Bertz CT molecular complexity index is 1190. The minimum absolute atomic E-state index is 0.0621. The molecule has 6 rings (SSSR count). The molecule has 198 valence electrons. The van der Waals surface area contributed by atoms with Crippen molar-refractivity contribution >= 4 is 23.3 Å². The molecule has 37 heavy (non-hydrogen) atoms. The van der Waals surface area contributed by atoms with Crippen molar-refractivity contribution in [3.8, 4) is 0 Å². The van der Waals surface area contributed by atoms with Gasteiger partial charge < -0.3 is 9.88 Å². The van der Waals surface area contributed by atoms with Crippen LogP contribution in [0.3, 0.4) is 0 Å². The molecule has 2 aromatic heterocycles. The van der Waals surface area contributed by atoms with Gasteiger partial charge in [-0.15, -0.1) is 0 Å². The highest BCUT2D eigenvalue weighted by Gasteiger charge is 2.49. The minimum Gasteiger partial charge on any atom is -0.365 e. The summed E-state index contributed by atoms with van der Waals surface area (Å²) in [7, 11) is 2.05. The molecule has 1 atom stereocenters. The molecule has 6 nitrogen and oxygen atoms in total. The van der Waals surface area contributed by atoms with Crippen LogP contribution < -0.4 is 5.32 Å². The predicted molar refractivity (Wildman–Crippen MR) is 150 cm³/mol. The van der Waals surface area contributed by atoms with Crippen LogP contribution in [0.5, 0.6) is 0 Å². The van der Waals surface area contributed by atoms with Gasteiger partial charge in [0.2, 0.25) is 0 Å². The molecule has 3 aliphatic carbocycles. The maximum Gasteiger partial charge on any atom is 0.196 e. The van der Waals surface area contributed by atoms with Gasteiger partial charge in [0, 0.05) is 13.1 Å². The first-order valence-electron chi connectivity index (χ1n) is 14.6. The fourth-order valence-electron chi connectivity index (χ4n) is 6.40. The van der Waals surface area contributed by atoms with Crippen LogP contribution in [0.15, 0.2) is 30.3 Å². The van der Waals surface area contributed by atoms with E-state index in [1.165, 1.54) is 63.4 Å². The summed E-state index contributed by atoms with van der Waals surface area (Å²) in [5.74, 6) is 3.70. The lowest BCUT2D eigenvalue weighted by Crippen LogP contribution is -2.33. The largest absolute Gasteiger partial charge is 0.365 e. The maximum atomic E-state index is 11.5. The van der Waals surface area contributed by atoms with Gasteiger partial charge in [0.1, 0.15) is 11.3 Å². The van der Waals surface area contributed by atoms with E-state index < -0.39 is 0 Å². The number of carbonyl (C=O) groups excluding carboxylic acids is 1. The summed E-state index contributed by atoms with van der Waals surface area (Å²) in [6, 6.07) is 10.9. The molecule has 0 saturated heterocycles. The first kappa shape index (κ1) is 25.9. The Morgan fingerprint density at radius 3 is 2.27 bits per heavy atom. The molecule has 0 spiro atoms. The molecule has 6 heteroatoms. The van der Waals surface area contributed by atoms with Crippen LogP contribution in [0.1, 0.15) is 113 Å². The topological polar surface area (TPSA) is 72.7 Å². The molecule has 3 aromatic rings. The number of rotatable bonds is 8. The number of hydrogen-bond donors (Lipinski definition) is 1. The van der Waals surface area contributed by atoms with Crippen LogP contribution in [-0.4, -0.2) is 31.8 Å². The molecule has 0 aliphatic heterocycles. The number of benzene rings is 1. The SMILES string of the molecule is CCC(Nc1nc(C=O)nc2nc(C3(c4ccccc4)CC3)n(C)c12)C1CCC1.CCC1CCCCC1. The van der Waals surface area contributed by atoms with E-state index >= 15 is 0 Å². The zero-order valence-electron chi connectivity index (χ0n) is 22.9. The van der Waals surface area contributed by atoms with Crippen LogP contribution in [0.4, 0.5) is 5.82 Å². The van der Waals surface area contributed by atoms with Gasteiger partial charge in [0.15, 0.2) is 23.6 Å². The fourth-order valence-corrected chi connectivity index (χ4v) is 6.40. The third kappa shape index (κ3) is 5.30. The van der Waals surface area contributed by atoms with Crippen molar-refractivity contribution in [3.05, 3.63) is 47.5 Å². The molecule has 0 radical (unpaired) electrons. The number of hydrogen-bond acceptors (Lipinski definition) is 5. The maximum absolute atomic E-state index is 11.5. The second kappa shape index (κ2) is 11.3. The van der Waals surface area contributed by atoms with Gasteiger partial charge in [-0.3, -0.25) is 4.79 Å². The summed E-state index contributed by atoms with van der Waals surface area (Å²) in [5, 5.41) is 3.64. The van der Waals surface area contributed by atoms with E-state index in [4.69, 9.17) is 4.98 Å². The van der Waals surface area contributed by atoms with Gasteiger partial charge in [-0.05, 0) is 49.5 Å². The summed E-state index contributed by atoms with van der Waals surface area (Å²) < 4.78 is 2.14. The van der Waals surface area contributed by atoms with Crippen molar-refractivity contribution in [1.29, 1.82) is 0 Å². The first-order chi connectivity index (χ1) is 18.1. The second-order valence-electron chi connectivity index (χ2n) is 11.4. The molecule has 0 bridgehead atoms. The lowest BCUT2D eigenvalue weighted by atomic mass is 9.79. The van der Waals surface area contributed by atoms with E-state index in [0.717, 1.165) is 42.3 Å². The quantitative estimate of drug-likeness (QED) is 0.330. The van der Waals surface area contributed by atoms with Crippen LogP contribution in [0, 0.1) is 11.8 Å². The van der Waals surface area contributed by atoms with E-state index in [1.54, 1.807) is 0 Å². The van der Waals surface area contributed by atoms with Crippen molar-refractivity contribution in [2.45, 2.75) is 102 Å². The molecule has 1 aromatic carbocycles. The van der Waals surface area contributed by atoms with Gasteiger partial charge in [-0.25, -0.2) is 15.0 Å². The summed E-state index contributed by atoms with van der Waals surface area (Å²) in [6.07, 6.45) is 16.6. The molecular weight excluding hydrogens is 458 g/mol. The third-order valence-corrected chi connectivity index (χ3v) is 9.14. The van der Waals surface area contributed by atoms with E-state index in [2.05, 4.69) is 58.0 Å². The highest BCUT2D eigenvalue weighted by Crippen LogP contribution is 2.53. The predicted octanol–water partition coefficient (Wildman–Crippen LogP) is 7.22. The number of aryl methyl sites for hydroxylation is 1. The molecule has 3 saturated carbocycles. The average Bonchev–Trinajstić information content (AvgIpc) is 3.66. The van der Waals surface area contributed by atoms with Crippen molar-refractivity contribution in [2.75, 3.05) is 5.32 Å². The summed E-state index contributed by atoms with van der Waals surface area (Å²) in [4.78, 5) is 25.4. The van der Waals surface area contributed by atoms with Crippen molar-refractivity contribution in [2.24, 2.45) is 18.9 Å². The molecule has 0 amide bonds. The molecule has 3 aliphatic rings. The Morgan fingerprint density at radius 1 is 1.00 bits per heavy atom. The molecule has 3 fully saturated rings. The first-order valence-corrected chi connectivity index (χ1v) is 14.6. The Morgan fingerprint density at radius 2 is 1.73 bits per heavy atom. The Hall–Kier alpha value is -2.76. The number of imidazole rings is 1. The number of nitrogens with one attached hydrogen (secondary N) is 1. The van der Waals surface area contributed by atoms with Crippen LogP contribution in [-0.2, 0) is 12.5 Å². The normalized spacial score (nSPS) is 20.0. The zero-order chi connectivity index (χ0) is 25.8. The van der Waals surface area contributed by atoms with Gasteiger partial charge >= 0.3 is 0 Å². The van der Waals surface area contributed by atoms with Gasteiger partial charge in [0.25, 0.3) is 0 Å². The Labute approximate surface area is 221 Å². The van der Waals surface area contributed by atoms with Crippen LogP contribution in [0.25, 0.3) is 11.2 Å². The highest BCUT2D eigenvalue weighted by molar-refractivity contribution is 5.87. The fraction of sp³-hybridized carbons (Fsp3) is 0.613. The molecule has 1 unspecified atom stereocenters. The van der Waals surface area contributed by atoms with Crippen molar-refractivity contribution < 1.29 is 4.79 Å². The molecular formula is C31H43N5O. The van der Waals surface area contributed by atoms with Crippen LogP contribution in [0.2, 0.25) is 0 Å². The Kier molecular flexibility index (Phi) is 7.92. The third-order valence-electron chi connectivity index (χ3n) is 9.14. The van der Waals surface area contributed by atoms with Crippen molar-refractivity contribution in [1.82, 2.24) is 19.5 Å². The second-order valence-corrected chi connectivity index (χ2v) is 11.4. The number of nitrogens with zero attached hydrogens (tertiary/aromatic N) is 4. The number of anilines is 1. The monoisotopic (exact) mass is 501 g/mol. The van der Waals surface area contributed by atoms with Gasteiger partial charge in [-0.2, -0.15) is 0 Å². The lowest BCUT2D eigenvalue weighted by Gasteiger charge is -2.34. The molecule has 1 N–H and O–H groups in total.